The smallest absolute Gasteiger partial charge is 0.243 e. The Balaban J connectivity index is 1.74. The van der Waals surface area contributed by atoms with Crippen molar-refractivity contribution in [3.63, 3.8) is 0 Å². The summed E-state index contributed by atoms with van der Waals surface area (Å²) in [5, 5.41) is 1.58. The number of nitrogens with zero attached hydrogens (tertiary/aromatic N) is 2. The minimum absolute atomic E-state index is 0.0228. The molecular formula is C23H20Cl3FN2O2S. The van der Waals surface area contributed by atoms with E-state index < -0.39 is 15.8 Å². The van der Waals surface area contributed by atoms with E-state index in [-0.39, 0.29) is 24.0 Å². The van der Waals surface area contributed by atoms with Crippen LogP contribution in [0.2, 0.25) is 15.1 Å². The van der Waals surface area contributed by atoms with Crippen LogP contribution in [0, 0.1) is 12.7 Å². The van der Waals surface area contributed by atoms with Gasteiger partial charge in [0.25, 0.3) is 0 Å². The maximum atomic E-state index is 13.9. The molecule has 1 heterocycles. The molecule has 0 radical (unpaired) electrons. The van der Waals surface area contributed by atoms with Gasteiger partial charge in [-0.2, -0.15) is 4.31 Å². The second-order valence-corrected chi connectivity index (χ2v) is 10.8. The number of sulfonamides is 1. The molecule has 0 saturated carbocycles. The van der Waals surface area contributed by atoms with Gasteiger partial charge in [-0.1, -0.05) is 53.0 Å². The molecule has 0 bridgehead atoms. The molecule has 3 aromatic carbocycles. The van der Waals surface area contributed by atoms with E-state index in [1.807, 2.05) is 18.2 Å². The highest BCUT2D eigenvalue weighted by molar-refractivity contribution is 7.89. The molecule has 0 aliphatic carbocycles. The van der Waals surface area contributed by atoms with E-state index in [0.29, 0.717) is 27.2 Å². The topological polar surface area (TPSA) is 40.6 Å². The van der Waals surface area contributed by atoms with E-state index >= 15 is 0 Å². The highest BCUT2D eigenvalue weighted by Gasteiger charge is 2.36. The first-order valence-corrected chi connectivity index (χ1v) is 12.5. The first-order chi connectivity index (χ1) is 15.2. The van der Waals surface area contributed by atoms with Gasteiger partial charge in [0.05, 0.1) is 21.6 Å². The van der Waals surface area contributed by atoms with Crippen LogP contribution in [0.5, 0.6) is 0 Å². The molecule has 1 unspecified atom stereocenters. The van der Waals surface area contributed by atoms with Gasteiger partial charge in [-0.3, -0.25) is 0 Å². The van der Waals surface area contributed by atoms with Gasteiger partial charge in [-0.25, -0.2) is 12.8 Å². The number of hydrogen-bond acceptors (Lipinski definition) is 3. The van der Waals surface area contributed by atoms with Crippen LogP contribution in [0.3, 0.4) is 0 Å². The van der Waals surface area contributed by atoms with Crippen molar-refractivity contribution in [1.82, 2.24) is 4.31 Å². The maximum absolute atomic E-state index is 13.9. The zero-order chi connectivity index (χ0) is 23.0. The zero-order valence-electron chi connectivity index (χ0n) is 17.1. The zero-order valence-corrected chi connectivity index (χ0v) is 20.2. The molecule has 1 saturated heterocycles. The standard InChI is InChI=1S/C23H20Cl3FN2O2S/c1-15-2-8-19(27)13-23(15)32(30,31)28-10-11-29(21-9-7-18(25)12-20(21)26)22(14-28)16-3-5-17(24)6-4-16/h2-9,12-13,22H,10-11,14H2,1H3. The molecule has 1 fully saturated rings. The Morgan fingerprint density at radius 1 is 0.906 bits per heavy atom. The van der Waals surface area contributed by atoms with Crippen LogP contribution >= 0.6 is 34.8 Å². The van der Waals surface area contributed by atoms with Crippen LogP contribution in [-0.4, -0.2) is 32.4 Å². The fourth-order valence-electron chi connectivity index (χ4n) is 3.94. The summed E-state index contributed by atoms with van der Waals surface area (Å²) in [7, 11) is -3.90. The number of halogens is 4. The molecule has 9 heteroatoms. The quantitative estimate of drug-likeness (QED) is 0.408. The number of hydrogen-bond donors (Lipinski definition) is 0. The van der Waals surface area contributed by atoms with Crippen molar-refractivity contribution >= 4 is 50.5 Å². The van der Waals surface area contributed by atoms with Crippen molar-refractivity contribution in [3.05, 3.63) is 92.7 Å². The third-order valence-corrected chi connectivity index (χ3v) is 8.38. The van der Waals surface area contributed by atoms with E-state index in [0.717, 1.165) is 17.3 Å². The molecule has 1 aliphatic rings. The van der Waals surface area contributed by atoms with Crippen molar-refractivity contribution in [2.75, 3.05) is 24.5 Å². The summed E-state index contributed by atoms with van der Waals surface area (Å²) in [6.45, 7) is 2.44. The molecule has 4 rings (SSSR count). The predicted octanol–water partition coefficient (Wildman–Crippen LogP) is 6.35. The summed E-state index contributed by atoms with van der Waals surface area (Å²) >= 11 is 18.6. The highest BCUT2D eigenvalue weighted by atomic mass is 35.5. The lowest BCUT2D eigenvalue weighted by atomic mass is 10.0. The minimum Gasteiger partial charge on any atom is -0.361 e. The molecule has 4 nitrogen and oxygen atoms in total. The van der Waals surface area contributed by atoms with Crippen molar-refractivity contribution in [2.45, 2.75) is 17.9 Å². The Labute approximate surface area is 202 Å². The summed E-state index contributed by atoms with van der Waals surface area (Å²) in [6.07, 6.45) is 0. The average molecular weight is 514 g/mol. The molecule has 1 atom stereocenters. The van der Waals surface area contributed by atoms with Crippen molar-refractivity contribution in [1.29, 1.82) is 0 Å². The van der Waals surface area contributed by atoms with E-state index in [1.54, 1.807) is 31.2 Å². The van der Waals surface area contributed by atoms with E-state index in [2.05, 4.69) is 4.90 Å². The number of aryl methyl sites for hydroxylation is 1. The summed E-state index contributed by atoms with van der Waals surface area (Å²) < 4.78 is 42.1. The summed E-state index contributed by atoms with van der Waals surface area (Å²) in [6, 6.07) is 16.0. The molecule has 3 aromatic rings. The van der Waals surface area contributed by atoms with Gasteiger partial charge in [-0.05, 0) is 60.5 Å². The number of anilines is 1. The monoisotopic (exact) mass is 512 g/mol. The van der Waals surface area contributed by atoms with Crippen molar-refractivity contribution in [3.8, 4) is 0 Å². The first kappa shape index (κ1) is 23.3. The summed E-state index contributed by atoms with van der Waals surface area (Å²) in [5.74, 6) is -0.588. The van der Waals surface area contributed by atoms with Gasteiger partial charge < -0.3 is 4.90 Å². The van der Waals surface area contributed by atoms with Crippen molar-refractivity contribution < 1.29 is 12.8 Å². The number of piperazine rings is 1. The largest absolute Gasteiger partial charge is 0.361 e. The number of benzene rings is 3. The SMILES string of the molecule is Cc1ccc(F)cc1S(=O)(=O)N1CCN(c2ccc(Cl)cc2Cl)C(c2ccc(Cl)cc2)C1. The molecule has 0 spiro atoms. The fourth-order valence-corrected chi connectivity index (χ4v) is 6.26. The maximum Gasteiger partial charge on any atom is 0.243 e. The minimum atomic E-state index is -3.90. The second kappa shape index (κ2) is 9.20. The third kappa shape index (κ3) is 4.61. The Bertz CT molecular complexity index is 1250. The molecular weight excluding hydrogens is 494 g/mol. The Morgan fingerprint density at radius 2 is 1.59 bits per heavy atom. The molecule has 0 amide bonds. The lowest BCUT2D eigenvalue weighted by molar-refractivity contribution is 0.335. The van der Waals surface area contributed by atoms with Crippen LogP contribution < -0.4 is 4.90 Å². The first-order valence-electron chi connectivity index (χ1n) is 9.90. The predicted molar refractivity (Wildman–Crippen MR) is 128 cm³/mol. The second-order valence-electron chi connectivity index (χ2n) is 7.63. The normalized spacial score (nSPS) is 17.5. The van der Waals surface area contributed by atoms with Gasteiger partial charge in [0.15, 0.2) is 0 Å². The van der Waals surface area contributed by atoms with Crippen LogP contribution in [0.15, 0.2) is 65.6 Å². The molecule has 168 valence electrons. The van der Waals surface area contributed by atoms with E-state index in [4.69, 9.17) is 34.8 Å². The van der Waals surface area contributed by atoms with Crippen LogP contribution in [-0.2, 0) is 10.0 Å². The van der Waals surface area contributed by atoms with Gasteiger partial charge >= 0.3 is 0 Å². The van der Waals surface area contributed by atoms with Gasteiger partial charge in [-0.15, -0.1) is 0 Å². The number of rotatable bonds is 4. The fraction of sp³-hybridized carbons (Fsp3) is 0.217. The van der Waals surface area contributed by atoms with Crippen LogP contribution in [0.1, 0.15) is 17.2 Å². The van der Waals surface area contributed by atoms with Crippen LogP contribution in [0.4, 0.5) is 10.1 Å². The molecule has 0 aromatic heterocycles. The third-order valence-electron chi connectivity index (χ3n) is 5.59. The summed E-state index contributed by atoms with van der Waals surface area (Å²) in [4.78, 5) is 2.04. The highest BCUT2D eigenvalue weighted by Crippen LogP contribution is 2.38. The Hall–Kier alpha value is -1.83. The van der Waals surface area contributed by atoms with Gasteiger partial charge in [0.1, 0.15) is 5.82 Å². The molecule has 32 heavy (non-hydrogen) atoms. The lowest BCUT2D eigenvalue weighted by Gasteiger charge is -2.43. The van der Waals surface area contributed by atoms with Crippen molar-refractivity contribution in [2.24, 2.45) is 0 Å². The lowest BCUT2D eigenvalue weighted by Crippen LogP contribution is -2.50. The molecule has 0 N–H and O–H groups in total. The van der Waals surface area contributed by atoms with E-state index in [1.165, 1.54) is 16.4 Å². The summed E-state index contributed by atoms with van der Waals surface area (Å²) in [5.41, 5.74) is 2.14. The van der Waals surface area contributed by atoms with E-state index in [9.17, 15) is 12.8 Å². The Kier molecular flexibility index (Phi) is 6.71. The van der Waals surface area contributed by atoms with Gasteiger partial charge in [0, 0.05) is 29.7 Å². The molecule has 1 aliphatic heterocycles. The average Bonchev–Trinajstić information content (AvgIpc) is 2.76. The van der Waals surface area contributed by atoms with Crippen LogP contribution in [0.25, 0.3) is 0 Å². The Morgan fingerprint density at radius 3 is 2.28 bits per heavy atom. The van der Waals surface area contributed by atoms with Gasteiger partial charge in [0.2, 0.25) is 10.0 Å².